The Hall–Kier alpha value is -2.89. The molecule has 2 aromatic carbocycles. The number of methoxy groups -OCH3 is 1. The molecule has 1 aliphatic carbocycles. The first kappa shape index (κ1) is 24.2. The van der Waals surface area contributed by atoms with Crippen LogP contribution >= 0.6 is 0 Å². The number of aryl methyl sites for hydroxylation is 1. The fraction of sp³-hybridized carbons (Fsp3) is 0.414. The monoisotopic (exact) mass is 459 g/mol. The lowest BCUT2D eigenvalue weighted by molar-refractivity contribution is 0.158. The zero-order valence-corrected chi connectivity index (χ0v) is 20.9. The van der Waals surface area contributed by atoms with Gasteiger partial charge in [-0.2, -0.15) is 0 Å². The van der Waals surface area contributed by atoms with Gasteiger partial charge in [0.05, 0.1) is 17.6 Å². The summed E-state index contributed by atoms with van der Waals surface area (Å²) in [5, 5.41) is 10.1. The molecule has 1 aliphatic rings. The molecule has 1 aromatic heterocycles. The summed E-state index contributed by atoms with van der Waals surface area (Å²) in [7, 11) is 3.85. The van der Waals surface area contributed by atoms with E-state index in [-0.39, 0.29) is 0 Å². The molecular formula is C29H37N3O2. The minimum Gasteiger partial charge on any atom is -0.508 e. The zero-order valence-electron chi connectivity index (χ0n) is 20.9. The maximum absolute atomic E-state index is 10.1. The van der Waals surface area contributed by atoms with Crippen molar-refractivity contribution in [1.82, 2.24) is 14.9 Å². The van der Waals surface area contributed by atoms with Gasteiger partial charge in [-0.05, 0) is 85.2 Å². The first-order valence-corrected chi connectivity index (χ1v) is 12.3. The molecule has 0 unspecified atom stereocenters. The molecule has 0 atom stereocenters. The summed E-state index contributed by atoms with van der Waals surface area (Å²) in [5.74, 6) is 1.96. The highest BCUT2D eigenvalue weighted by atomic mass is 16.5. The summed E-state index contributed by atoms with van der Waals surface area (Å²) in [4.78, 5) is 10.7. The number of aromatic amines is 1. The van der Waals surface area contributed by atoms with Crippen molar-refractivity contribution in [2.24, 2.45) is 5.92 Å². The lowest BCUT2D eigenvalue weighted by Crippen LogP contribution is -2.22. The van der Waals surface area contributed by atoms with Gasteiger partial charge in [0.15, 0.2) is 0 Å². The molecule has 180 valence electrons. The second kappa shape index (κ2) is 11.0. The van der Waals surface area contributed by atoms with Gasteiger partial charge in [-0.25, -0.2) is 4.98 Å². The van der Waals surface area contributed by atoms with Crippen molar-refractivity contribution < 1.29 is 9.84 Å². The number of phenolic OH excluding ortho intramolecular Hbond substituents is 1. The molecule has 0 aliphatic heterocycles. The van der Waals surface area contributed by atoms with Gasteiger partial charge >= 0.3 is 0 Å². The number of hydrogen-bond donors (Lipinski definition) is 2. The number of aromatic hydroxyl groups is 1. The number of phenols is 1. The molecule has 0 fully saturated rings. The van der Waals surface area contributed by atoms with E-state index in [0.29, 0.717) is 11.7 Å². The third-order valence-corrected chi connectivity index (χ3v) is 6.52. The predicted molar refractivity (Wildman–Crippen MR) is 140 cm³/mol. The van der Waals surface area contributed by atoms with Crippen LogP contribution in [0.4, 0.5) is 0 Å². The number of fused-ring (bicyclic) bond motifs is 1. The van der Waals surface area contributed by atoms with E-state index in [0.717, 1.165) is 62.2 Å². The van der Waals surface area contributed by atoms with E-state index >= 15 is 0 Å². The quantitative estimate of drug-likeness (QED) is 0.375. The number of nitrogens with one attached hydrogen (secondary N) is 1. The molecule has 2 N–H and O–H groups in total. The Balaban J connectivity index is 1.42. The molecule has 3 aromatic rings. The summed E-state index contributed by atoms with van der Waals surface area (Å²) in [6.45, 7) is 7.03. The van der Waals surface area contributed by atoms with Gasteiger partial charge in [0.25, 0.3) is 0 Å². The van der Waals surface area contributed by atoms with Crippen molar-refractivity contribution in [3.05, 3.63) is 76.6 Å². The number of imidazole rings is 1. The average Bonchev–Trinajstić information content (AvgIpc) is 3.43. The lowest BCUT2D eigenvalue weighted by Gasteiger charge is -2.15. The number of rotatable bonds is 11. The molecule has 0 radical (unpaired) electrons. The Morgan fingerprint density at radius 1 is 1.12 bits per heavy atom. The van der Waals surface area contributed by atoms with Gasteiger partial charge in [0.1, 0.15) is 11.6 Å². The fourth-order valence-corrected chi connectivity index (χ4v) is 4.52. The van der Waals surface area contributed by atoms with Gasteiger partial charge in [-0.3, -0.25) is 4.90 Å². The summed E-state index contributed by atoms with van der Waals surface area (Å²) in [6, 6.07) is 12.3. The average molecular weight is 460 g/mol. The van der Waals surface area contributed by atoms with Crippen LogP contribution in [0.25, 0.3) is 16.6 Å². The van der Waals surface area contributed by atoms with Crippen LogP contribution in [0.3, 0.4) is 0 Å². The van der Waals surface area contributed by atoms with E-state index in [1.807, 2.05) is 12.1 Å². The summed E-state index contributed by atoms with van der Waals surface area (Å²) < 4.78 is 5.18. The van der Waals surface area contributed by atoms with Crippen molar-refractivity contribution in [2.45, 2.75) is 46.1 Å². The molecule has 5 nitrogen and oxygen atoms in total. The predicted octanol–water partition coefficient (Wildman–Crippen LogP) is 5.89. The summed E-state index contributed by atoms with van der Waals surface area (Å²) in [5.41, 5.74) is 8.48. The zero-order chi connectivity index (χ0) is 24.1. The third-order valence-electron chi connectivity index (χ3n) is 6.52. The normalized spacial score (nSPS) is 13.8. The number of allylic oxidation sites excluding steroid dienone is 4. The smallest absolute Gasteiger partial charge is 0.134 e. The van der Waals surface area contributed by atoms with Crippen LogP contribution in [0.5, 0.6) is 5.75 Å². The van der Waals surface area contributed by atoms with Crippen molar-refractivity contribution >= 4 is 16.6 Å². The number of H-pyrrole nitrogens is 1. The molecule has 0 amide bonds. The van der Waals surface area contributed by atoms with Crippen LogP contribution in [0.2, 0.25) is 0 Å². The van der Waals surface area contributed by atoms with E-state index < -0.39 is 0 Å². The third kappa shape index (κ3) is 6.16. The van der Waals surface area contributed by atoms with Crippen LogP contribution in [0, 0.1) is 5.92 Å². The molecule has 0 saturated heterocycles. The van der Waals surface area contributed by atoms with Gasteiger partial charge < -0.3 is 14.8 Å². The SMILES string of the molecule is COCCN(C)Cc1ccc2nc(C3=CC=C(Cc4cc(O)ccc4CCC(C)C)C3)[nH]c2c1. The van der Waals surface area contributed by atoms with E-state index in [9.17, 15) is 5.11 Å². The standard InChI is InChI=1S/C29H37N3O2/c1-20(2)5-8-23-10-11-26(33)18-25(23)16-21-6-9-24(15-21)29-30-27-12-7-22(17-28(27)31-29)19-32(3)13-14-34-4/h6-7,9-12,17-18,20,33H,5,8,13-16,19H2,1-4H3,(H,30,31). The van der Waals surface area contributed by atoms with Gasteiger partial charge in [0.2, 0.25) is 0 Å². The maximum Gasteiger partial charge on any atom is 0.134 e. The largest absolute Gasteiger partial charge is 0.508 e. The highest BCUT2D eigenvalue weighted by Crippen LogP contribution is 2.32. The van der Waals surface area contributed by atoms with Crippen molar-refractivity contribution in [1.29, 1.82) is 0 Å². The minimum atomic E-state index is 0.344. The molecule has 0 saturated carbocycles. The van der Waals surface area contributed by atoms with Crippen LogP contribution in [-0.2, 0) is 24.1 Å². The first-order chi connectivity index (χ1) is 16.4. The van der Waals surface area contributed by atoms with E-state index in [2.05, 4.69) is 67.2 Å². The topological polar surface area (TPSA) is 61.4 Å². The number of likely N-dealkylation sites (N-methyl/N-ethyl adjacent to an activating group) is 1. The first-order valence-electron chi connectivity index (χ1n) is 12.3. The second-order valence-corrected chi connectivity index (χ2v) is 9.92. The fourth-order valence-electron chi connectivity index (χ4n) is 4.52. The summed E-state index contributed by atoms with van der Waals surface area (Å²) >= 11 is 0. The Bertz CT molecular complexity index is 1190. The van der Waals surface area contributed by atoms with Crippen LogP contribution in [0.1, 0.15) is 49.2 Å². The number of hydrogen-bond acceptors (Lipinski definition) is 4. The second-order valence-electron chi connectivity index (χ2n) is 9.92. The molecule has 0 spiro atoms. The number of benzene rings is 2. The Kier molecular flexibility index (Phi) is 7.86. The van der Waals surface area contributed by atoms with Crippen molar-refractivity contribution in [3.63, 3.8) is 0 Å². The highest BCUT2D eigenvalue weighted by Gasteiger charge is 2.16. The van der Waals surface area contributed by atoms with Crippen molar-refractivity contribution in [3.8, 4) is 5.75 Å². The van der Waals surface area contributed by atoms with E-state index in [1.54, 1.807) is 7.11 Å². The maximum atomic E-state index is 10.1. The van der Waals surface area contributed by atoms with E-state index in [4.69, 9.17) is 9.72 Å². The molecule has 1 heterocycles. The highest BCUT2D eigenvalue weighted by molar-refractivity contribution is 5.81. The number of ether oxygens (including phenoxy) is 1. The van der Waals surface area contributed by atoms with Gasteiger partial charge in [-0.1, -0.05) is 43.7 Å². The summed E-state index contributed by atoms with van der Waals surface area (Å²) in [6.07, 6.45) is 8.35. The Labute approximate surface area is 203 Å². The van der Waals surface area contributed by atoms with Crippen LogP contribution < -0.4 is 0 Å². The molecule has 0 bridgehead atoms. The van der Waals surface area contributed by atoms with Crippen molar-refractivity contribution in [2.75, 3.05) is 27.3 Å². The molecule has 4 rings (SSSR count). The molecule has 34 heavy (non-hydrogen) atoms. The van der Waals surface area contributed by atoms with Crippen LogP contribution in [-0.4, -0.2) is 47.3 Å². The van der Waals surface area contributed by atoms with Crippen LogP contribution in [0.15, 0.2) is 54.1 Å². The molecular weight excluding hydrogens is 422 g/mol. The van der Waals surface area contributed by atoms with Gasteiger partial charge in [0, 0.05) is 20.2 Å². The lowest BCUT2D eigenvalue weighted by atomic mass is 9.93. The number of aromatic nitrogens is 2. The molecule has 5 heteroatoms. The Morgan fingerprint density at radius 2 is 1.97 bits per heavy atom. The number of nitrogens with zero attached hydrogens (tertiary/aromatic N) is 2. The van der Waals surface area contributed by atoms with E-state index in [1.165, 1.54) is 27.8 Å². The minimum absolute atomic E-state index is 0.344. The Morgan fingerprint density at radius 3 is 2.76 bits per heavy atom. The van der Waals surface area contributed by atoms with Gasteiger partial charge in [-0.15, -0.1) is 0 Å².